The predicted molar refractivity (Wildman–Crippen MR) is 90.6 cm³/mol. The topological polar surface area (TPSA) is 70.4 Å². The molecule has 0 aliphatic rings. The summed E-state index contributed by atoms with van der Waals surface area (Å²) in [5, 5.41) is 12.0. The molecule has 2 heterocycles. The normalized spacial score (nSPS) is 10.8. The van der Waals surface area contributed by atoms with E-state index < -0.39 is 5.97 Å². The number of anilines is 1. The fourth-order valence-corrected chi connectivity index (χ4v) is 2.83. The van der Waals surface area contributed by atoms with Gasteiger partial charge >= 0.3 is 0 Å². The quantitative estimate of drug-likeness (QED) is 0.703. The number of H-pyrrole nitrogens is 1. The Hall–Kier alpha value is -2.95. The van der Waals surface area contributed by atoms with Crippen molar-refractivity contribution in [3.8, 4) is 0 Å². The molecule has 0 saturated heterocycles. The number of aromatic amines is 1. The molecule has 2 aromatic heterocycles. The lowest BCUT2D eigenvalue weighted by atomic mass is 10.0. The molecule has 0 radical (unpaired) electrons. The molecule has 0 atom stereocenters. The van der Waals surface area contributed by atoms with Crippen molar-refractivity contribution in [3.63, 3.8) is 0 Å². The summed E-state index contributed by atoms with van der Waals surface area (Å²) in [6.45, 7) is 0. The maximum atomic E-state index is 10.9. The molecule has 0 spiro atoms. The molecule has 3 rings (SSSR count). The van der Waals surface area contributed by atoms with E-state index in [1.807, 2.05) is 43.3 Å². The molecular formula is C19H19N3O2. The second kappa shape index (κ2) is 6.66. The fourth-order valence-electron chi connectivity index (χ4n) is 2.83. The first-order chi connectivity index (χ1) is 11.5. The first-order valence-corrected chi connectivity index (χ1v) is 7.77. The summed E-state index contributed by atoms with van der Waals surface area (Å²) in [5.74, 6) is -1.09. The van der Waals surface area contributed by atoms with Crippen LogP contribution in [0.25, 0.3) is 10.9 Å². The monoisotopic (exact) mass is 321 g/mol. The van der Waals surface area contributed by atoms with Gasteiger partial charge in [0.15, 0.2) is 5.69 Å². The highest BCUT2D eigenvalue weighted by Crippen LogP contribution is 2.25. The van der Waals surface area contributed by atoms with Gasteiger partial charge in [-0.1, -0.05) is 6.07 Å². The number of hydrogen-bond acceptors (Lipinski definition) is 4. The maximum absolute atomic E-state index is 10.9. The van der Waals surface area contributed by atoms with Crippen LogP contribution >= 0.6 is 0 Å². The molecule has 122 valence electrons. The zero-order valence-electron chi connectivity index (χ0n) is 13.7. The summed E-state index contributed by atoms with van der Waals surface area (Å²) in [6.07, 6.45) is 4.28. The van der Waals surface area contributed by atoms with E-state index >= 15 is 0 Å². The average Bonchev–Trinajstić information content (AvgIpc) is 2.54. The molecule has 0 bridgehead atoms. The minimum Gasteiger partial charge on any atom is -0.550 e. The highest BCUT2D eigenvalue weighted by atomic mass is 16.4. The lowest BCUT2D eigenvalue weighted by molar-refractivity contribution is -0.361. The van der Waals surface area contributed by atoms with Gasteiger partial charge in [-0.3, -0.25) is 4.98 Å². The van der Waals surface area contributed by atoms with Crippen molar-refractivity contribution in [2.45, 2.75) is 12.8 Å². The third-order valence-electron chi connectivity index (χ3n) is 3.94. The number of carbonyl (C=O) groups is 1. The standard InChI is InChI=1S/C19H19N3O2/c1-22(2)18-11-15(12-19(23)24)21-17-4-3-14(10-16(17)18)9-13-5-7-20-8-6-13/h3-8,10-11H,9,12H2,1-2H3,(H,23,24). The Morgan fingerprint density at radius 1 is 1.12 bits per heavy atom. The number of benzene rings is 1. The minimum absolute atomic E-state index is 0.129. The molecule has 1 aromatic carbocycles. The number of aromatic nitrogens is 2. The Morgan fingerprint density at radius 3 is 2.54 bits per heavy atom. The van der Waals surface area contributed by atoms with Gasteiger partial charge in [0, 0.05) is 38.6 Å². The third-order valence-corrected chi connectivity index (χ3v) is 3.94. The zero-order chi connectivity index (χ0) is 17.1. The Bertz CT molecular complexity index is 876. The number of nitrogens with one attached hydrogen (secondary N) is 1. The molecule has 3 aromatic rings. The Balaban J connectivity index is 2.04. The van der Waals surface area contributed by atoms with Gasteiger partial charge in [0.1, 0.15) is 0 Å². The Labute approximate surface area is 140 Å². The number of fused-ring (bicyclic) bond motifs is 1. The molecule has 0 fully saturated rings. The van der Waals surface area contributed by atoms with Crippen LogP contribution in [0, 0.1) is 0 Å². The summed E-state index contributed by atoms with van der Waals surface area (Å²) >= 11 is 0. The number of carbonyl (C=O) groups excluding carboxylic acids is 1. The third kappa shape index (κ3) is 3.51. The minimum atomic E-state index is -1.09. The second-order valence-electron chi connectivity index (χ2n) is 6.04. The lowest BCUT2D eigenvalue weighted by Crippen LogP contribution is -2.28. The molecule has 5 nitrogen and oxygen atoms in total. The van der Waals surface area contributed by atoms with E-state index in [2.05, 4.69) is 22.1 Å². The zero-order valence-corrected chi connectivity index (χ0v) is 13.7. The van der Waals surface area contributed by atoms with Crippen LogP contribution in [0.5, 0.6) is 0 Å². The van der Waals surface area contributed by atoms with Crippen molar-refractivity contribution in [3.05, 3.63) is 65.6 Å². The first-order valence-electron chi connectivity index (χ1n) is 7.77. The fraction of sp³-hybridized carbons (Fsp3) is 0.211. The molecular weight excluding hydrogens is 302 g/mol. The van der Waals surface area contributed by atoms with Crippen LogP contribution < -0.4 is 15.0 Å². The highest BCUT2D eigenvalue weighted by molar-refractivity contribution is 5.90. The van der Waals surface area contributed by atoms with Crippen molar-refractivity contribution in [2.24, 2.45) is 0 Å². The molecule has 0 aliphatic heterocycles. The van der Waals surface area contributed by atoms with Gasteiger partial charge in [-0.2, -0.15) is 0 Å². The number of carboxylic acids is 1. The van der Waals surface area contributed by atoms with Crippen molar-refractivity contribution in [1.82, 2.24) is 4.98 Å². The van der Waals surface area contributed by atoms with Gasteiger partial charge in [0.2, 0.25) is 5.52 Å². The van der Waals surface area contributed by atoms with Crippen LogP contribution in [0.15, 0.2) is 48.8 Å². The van der Waals surface area contributed by atoms with Crippen LogP contribution in [0.4, 0.5) is 5.69 Å². The number of rotatable bonds is 5. The van der Waals surface area contributed by atoms with E-state index in [1.165, 1.54) is 11.1 Å². The molecule has 0 saturated carbocycles. The van der Waals surface area contributed by atoms with Crippen LogP contribution in [-0.2, 0) is 17.6 Å². The molecule has 1 N–H and O–H groups in total. The van der Waals surface area contributed by atoms with E-state index in [4.69, 9.17) is 0 Å². The first kappa shape index (κ1) is 15.9. The van der Waals surface area contributed by atoms with Crippen LogP contribution in [0.3, 0.4) is 0 Å². The molecule has 5 heteroatoms. The summed E-state index contributed by atoms with van der Waals surface area (Å²) in [4.78, 5) is 20.1. The largest absolute Gasteiger partial charge is 0.550 e. The van der Waals surface area contributed by atoms with E-state index in [1.54, 1.807) is 12.4 Å². The van der Waals surface area contributed by atoms with Gasteiger partial charge in [-0.05, 0) is 35.7 Å². The summed E-state index contributed by atoms with van der Waals surface area (Å²) in [5.41, 5.74) is 4.92. The van der Waals surface area contributed by atoms with Crippen LogP contribution in [-0.4, -0.2) is 25.0 Å². The molecule has 0 amide bonds. The van der Waals surface area contributed by atoms with Gasteiger partial charge in [-0.15, -0.1) is 0 Å². The van der Waals surface area contributed by atoms with E-state index in [0.29, 0.717) is 5.69 Å². The van der Waals surface area contributed by atoms with Gasteiger partial charge in [-0.25, -0.2) is 4.98 Å². The van der Waals surface area contributed by atoms with E-state index in [0.717, 1.165) is 23.0 Å². The number of pyridine rings is 2. The van der Waals surface area contributed by atoms with Crippen molar-refractivity contribution < 1.29 is 14.9 Å². The second-order valence-corrected chi connectivity index (χ2v) is 6.04. The lowest BCUT2D eigenvalue weighted by Gasteiger charge is -2.15. The Kier molecular flexibility index (Phi) is 4.42. The highest BCUT2D eigenvalue weighted by Gasteiger charge is 2.14. The van der Waals surface area contributed by atoms with Crippen molar-refractivity contribution in [2.75, 3.05) is 19.0 Å². The molecule has 24 heavy (non-hydrogen) atoms. The van der Waals surface area contributed by atoms with Crippen LogP contribution in [0.1, 0.15) is 16.8 Å². The van der Waals surface area contributed by atoms with E-state index in [9.17, 15) is 9.90 Å². The predicted octanol–water partition coefficient (Wildman–Crippen LogP) is 0.998. The van der Waals surface area contributed by atoms with Crippen molar-refractivity contribution >= 4 is 22.6 Å². The SMILES string of the molecule is CN(C)c1cc(CC(=O)[O-])[nH+]c2ccc(Cc3ccncc3)cc12. The van der Waals surface area contributed by atoms with Crippen molar-refractivity contribution in [1.29, 1.82) is 0 Å². The maximum Gasteiger partial charge on any atom is 0.213 e. The number of hydrogen-bond donors (Lipinski definition) is 0. The van der Waals surface area contributed by atoms with E-state index in [-0.39, 0.29) is 6.42 Å². The summed E-state index contributed by atoms with van der Waals surface area (Å²) < 4.78 is 0. The van der Waals surface area contributed by atoms with Gasteiger partial charge < -0.3 is 14.8 Å². The van der Waals surface area contributed by atoms with Crippen LogP contribution in [0.2, 0.25) is 0 Å². The summed E-state index contributed by atoms with van der Waals surface area (Å²) in [6, 6.07) is 12.1. The molecule has 0 unspecified atom stereocenters. The number of aliphatic carboxylic acids is 1. The van der Waals surface area contributed by atoms with Gasteiger partial charge in [0.05, 0.1) is 23.5 Å². The van der Waals surface area contributed by atoms with Gasteiger partial charge in [0.25, 0.3) is 0 Å². The average molecular weight is 321 g/mol. The molecule has 0 aliphatic carbocycles. The Morgan fingerprint density at radius 2 is 1.88 bits per heavy atom. The summed E-state index contributed by atoms with van der Waals surface area (Å²) in [7, 11) is 3.90. The number of carboxylic acid groups (broad SMARTS) is 1. The smallest absolute Gasteiger partial charge is 0.213 e. The number of nitrogens with zero attached hydrogens (tertiary/aromatic N) is 2.